The molecule has 0 unspecified atom stereocenters. The van der Waals surface area contributed by atoms with Gasteiger partial charge in [-0.05, 0) is 73.5 Å². The smallest absolute Gasteiger partial charge is 0.282 e. The zero-order chi connectivity index (χ0) is 22.3. The van der Waals surface area contributed by atoms with Crippen molar-refractivity contribution in [3.8, 4) is 11.3 Å². The average molecular weight is 421 g/mol. The fourth-order valence-corrected chi connectivity index (χ4v) is 3.20. The van der Waals surface area contributed by atoms with Crippen LogP contribution in [0.2, 0.25) is 0 Å². The summed E-state index contributed by atoms with van der Waals surface area (Å²) in [7, 11) is 0. The number of anilines is 1. The van der Waals surface area contributed by atoms with E-state index in [9.17, 15) is 24.1 Å². The highest BCUT2D eigenvalue weighted by molar-refractivity contribution is 6.31. The van der Waals surface area contributed by atoms with E-state index in [-0.39, 0.29) is 22.8 Å². The third-order valence-electron chi connectivity index (χ3n) is 4.96. The Morgan fingerprint density at radius 3 is 2.42 bits per heavy atom. The van der Waals surface area contributed by atoms with Crippen LogP contribution in [0.1, 0.15) is 16.9 Å². The van der Waals surface area contributed by atoms with E-state index in [2.05, 4.69) is 5.43 Å². The Balaban J connectivity index is 1.67. The van der Waals surface area contributed by atoms with Gasteiger partial charge in [0.05, 0.1) is 16.2 Å². The van der Waals surface area contributed by atoms with Gasteiger partial charge in [0.25, 0.3) is 17.5 Å². The molecule has 0 radical (unpaired) electrons. The second-order valence-corrected chi connectivity index (χ2v) is 7.03. The molecule has 2 amide bonds. The number of rotatable bonds is 4. The SMILES string of the molecule is Cc1cc(-c2ccc(/C=C3/C(=O)NN(c4ccc(F)cc4)C3=O)o2)c([N+](=O)[O-])cc1C. The Kier molecular flexibility index (Phi) is 4.86. The highest BCUT2D eigenvalue weighted by atomic mass is 19.1. The first-order valence-electron chi connectivity index (χ1n) is 9.23. The first kappa shape index (κ1) is 20.0. The molecule has 0 atom stereocenters. The maximum atomic E-state index is 13.1. The quantitative estimate of drug-likeness (QED) is 0.296. The summed E-state index contributed by atoms with van der Waals surface area (Å²) in [6, 6.07) is 11.3. The fraction of sp³-hybridized carbons (Fsp3) is 0.0909. The van der Waals surface area contributed by atoms with Gasteiger partial charge < -0.3 is 4.42 Å². The van der Waals surface area contributed by atoms with Gasteiger partial charge in [0.1, 0.15) is 22.9 Å². The molecule has 0 saturated carbocycles. The van der Waals surface area contributed by atoms with Crippen molar-refractivity contribution in [2.45, 2.75) is 13.8 Å². The summed E-state index contributed by atoms with van der Waals surface area (Å²) in [5, 5.41) is 12.5. The van der Waals surface area contributed by atoms with Crippen LogP contribution in [0.25, 0.3) is 17.4 Å². The summed E-state index contributed by atoms with van der Waals surface area (Å²) < 4.78 is 18.8. The van der Waals surface area contributed by atoms with Gasteiger partial charge in [-0.3, -0.25) is 25.1 Å². The topological polar surface area (TPSA) is 106 Å². The Bertz CT molecular complexity index is 1260. The van der Waals surface area contributed by atoms with Gasteiger partial charge in [-0.25, -0.2) is 9.40 Å². The second kappa shape index (κ2) is 7.52. The Labute approximate surface area is 175 Å². The number of carbonyl (C=O) groups is 2. The minimum Gasteiger partial charge on any atom is -0.456 e. The molecule has 0 spiro atoms. The highest BCUT2D eigenvalue weighted by Gasteiger charge is 2.34. The summed E-state index contributed by atoms with van der Waals surface area (Å²) in [5.41, 5.74) is 4.36. The Morgan fingerprint density at radius 2 is 1.74 bits per heavy atom. The number of nitro groups is 1. The Hall–Kier alpha value is -4.27. The van der Waals surface area contributed by atoms with E-state index >= 15 is 0 Å². The zero-order valence-electron chi connectivity index (χ0n) is 16.5. The van der Waals surface area contributed by atoms with Gasteiger partial charge in [-0.2, -0.15) is 0 Å². The molecular formula is C22H16FN3O5. The average Bonchev–Trinajstić information content (AvgIpc) is 3.30. The van der Waals surface area contributed by atoms with Crippen molar-refractivity contribution >= 4 is 29.3 Å². The van der Waals surface area contributed by atoms with E-state index in [1.807, 2.05) is 6.92 Å². The first-order chi connectivity index (χ1) is 14.7. The number of nitrogens with one attached hydrogen (secondary N) is 1. The third-order valence-corrected chi connectivity index (χ3v) is 4.96. The van der Waals surface area contributed by atoms with Crippen molar-refractivity contribution in [3.05, 3.63) is 86.9 Å². The molecule has 1 fully saturated rings. The van der Waals surface area contributed by atoms with Crippen molar-refractivity contribution in [2.24, 2.45) is 0 Å². The molecule has 9 heteroatoms. The van der Waals surface area contributed by atoms with Crippen molar-refractivity contribution in [1.29, 1.82) is 0 Å². The van der Waals surface area contributed by atoms with Crippen molar-refractivity contribution < 1.29 is 23.3 Å². The highest BCUT2D eigenvalue weighted by Crippen LogP contribution is 2.34. The summed E-state index contributed by atoms with van der Waals surface area (Å²) in [6.45, 7) is 3.61. The van der Waals surface area contributed by atoms with Gasteiger partial charge >= 0.3 is 0 Å². The number of carbonyl (C=O) groups excluding carboxylic acids is 2. The predicted octanol–water partition coefficient (Wildman–Crippen LogP) is 4.07. The van der Waals surface area contributed by atoms with Crippen LogP contribution in [-0.4, -0.2) is 16.7 Å². The number of nitro benzene ring substituents is 1. The van der Waals surface area contributed by atoms with Crippen LogP contribution in [0.5, 0.6) is 0 Å². The van der Waals surface area contributed by atoms with Crippen LogP contribution in [0, 0.1) is 29.8 Å². The minimum absolute atomic E-state index is 0.103. The number of benzene rings is 2. The van der Waals surface area contributed by atoms with E-state index in [1.165, 1.54) is 42.5 Å². The second-order valence-electron chi connectivity index (χ2n) is 7.03. The Morgan fingerprint density at radius 1 is 1.06 bits per heavy atom. The lowest BCUT2D eigenvalue weighted by molar-refractivity contribution is -0.384. The molecule has 156 valence electrons. The molecule has 2 aromatic carbocycles. The number of amides is 2. The third kappa shape index (κ3) is 3.68. The summed E-state index contributed by atoms with van der Waals surface area (Å²) in [5.74, 6) is -1.33. The van der Waals surface area contributed by atoms with Crippen LogP contribution in [0.3, 0.4) is 0 Å². The summed E-state index contributed by atoms with van der Waals surface area (Å²) in [4.78, 5) is 35.9. The van der Waals surface area contributed by atoms with E-state index < -0.39 is 22.6 Å². The van der Waals surface area contributed by atoms with E-state index in [1.54, 1.807) is 19.1 Å². The summed E-state index contributed by atoms with van der Waals surface area (Å²) >= 11 is 0. The summed E-state index contributed by atoms with van der Waals surface area (Å²) in [6.07, 6.45) is 1.26. The van der Waals surface area contributed by atoms with Gasteiger partial charge in [0.2, 0.25) is 0 Å². The lowest BCUT2D eigenvalue weighted by Gasteiger charge is -2.14. The minimum atomic E-state index is -0.649. The molecule has 0 bridgehead atoms. The number of hydrogen-bond donors (Lipinski definition) is 1. The van der Waals surface area contributed by atoms with Crippen LogP contribution >= 0.6 is 0 Å². The molecular weight excluding hydrogens is 405 g/mol. The number of halogens is 1. The van der Waals surface area contributed by atoms with Crippen molar-refractivity contribution in [2.75, 3.05) is 5.01 Å². The normalized spacial score (nSPS) is 14.9. The molecule has 1 aliphatic rings. The molecule has 8 nitrogen and oxygen atoms in total. The van der Waals surface area contributed by atoms with Crippen LogP contribution < -0.4 is 10.4 Å². The fourth-order valence-electron chi connectivity index (χ4n) is 3.20. The van der Waals surface area contributed by atoms with Gasteiger partial charge in [-0.15, -0.1) is 0 Å². The van der Waals surface area contributed by atoms with E-state index in [4.69, 9.17) is 4.42 Å². The first-order valence-corrected chi connectivity index (χ1v) is 9.23. The van der Waals surface area contributed by atoms with Crippen molar-refractivity contribution in [3.63, 3.8) is 0 Å². The molecule has 3 aromatic rings. The van der Waals surface area contributed by atoms with Crippen LogP contribution in [0.15, 0.2) is 58.5 Å². The van der Waals surface area contributed by atoms with Gasteiger partial charge in [0.15, 0.2) is 0 Å². The maximum absolute atomic E-state index is 13.1. The lowest BCUT2D eigenvalue weighted by Crippen LogP contribution is -2.35. The van der Waals surface area contributed by atoms with Crippen molar-refractivity contribution in [1.82, 2.24) is 5.43 Å². The molecule has 1 N–H and O–H groups in total. The molecule has 0 aliphatic carbocycles. The molecule has 1 aromatic heterocycles. The number of hydrazine groups is 1. The molecule has 31 heavy (non-hydrogen) atoms. The standard InChI is InChI=1S/C22H16FN3O5/c1-12-9-17(19(26(29)30)10-13(12)2)20-8-7-16(31-20)11-18-21(27)24-25(22(18)28)15-5-3-14(23)4-6-15/h3-11H,1-2H3,(H,24,27)/b18-11-. The number of aryl methyl sites for hydroxylation is 2. The van der Waals surface area contributed by atoms with Crippen LogP contribution in [-0.2, 0) is 9.59 Å². The number of furan rings is 1. The van der Waals surface area contributed by atoms with E-state index in [0.29, 0.717) is 11.3 Å². The molecule has 2 heterocycles. The zero-order valence-corrected chi connectivity index (χ0v) is 16.5. The number of nitrogens with zero attached hydrogens (tertiary/aromatic N) is 2. The number of hydrogen-bond acceptors (Lipinski definition) is 5. The van der Waals surface area contributed by atoms with E-state index in [0.717, 1.165) is 16.1 Å². The predicted molar refractivity (Wildman–Crippen MR) is 110 cm³/mol. The lowest BCUT2D eigenvalue weighted by atomic mass is 10.0. The maximum Gasteiger partial charge on any atom is 0.282 e. The molecule has 4 rings (SSSR count). The monoisotopic (exact) mass is 421 g/mol. The largest absolute Gasteiger partial charge is 0.456 e. The van der Waals surface area contributed by atoms with Crippen LogP contribution in [0.4, 0.5) is 15.8 Å². The van der Waals surface area contributed by atoms with Gasteiger partial charge in [0, 0.05) is 6.07 Å². The van der Waals surface area contributed by atoms with Gasteiger partial charge in [-0.1, -0.05) is 0 Å². The molecule has 1 aliphatic heterocycles. The molecule has 1 saturated heterocycles.